The van der Waals surface area contributed by atoms with Gasteiger partial charge in [-0.2, -0.15) is 0 Å². The summed E-state index contributed by atoms with van der Waals surface area (Å²) in [7, 11) is 0. The van der Waals surface area contributed by atoms with Gasteiger partial charge in [-0.15, -0.1) is 0 Å². The molecule has 2 atom stereocenters. The van der Waals surface area contributed by atoms with Gasteiger partial charge >= 0.3 is 6.03 Å². The highest BCUT2D eigenvalue weighted by Crippen LogP contribution is 2.21. The molecule has 1 saturated carbocycles. The maximum Gasteiger partial charge on any atom is 0.329 e. The zero-order chi connectivity index (χ0) is 13.8. The average Bonchev–Trinajstić information content (AvgIpc) is 2.37. The van der Waals surface area contributed by atoms with Crippen LogP contribution in [0.2, 0.25) is 0 Å². The van der Waals surface area contributed by atoms with Crippen LogP contribution in [-0.4, -0.2) is 40.4 Å². The van der Waals surface area contributed by atoms with Crippen LogP contribution in [0, 0.1) is 0 Å². The molecule has 0 aromatic carbocycles. The summed E-state index contributed by atoms with van der Waals surface area (Å²) in [6, 6.07) is 0.922. The standard InChI is InChI=1S/C14H27N3O2/c1-10-4-3-5-11(2)17(10)16-14(19)15-12-6-8-13(18)9-7-12/h10-13,18H,3-9H2,1-2H3,(H2,15,16,19)/t10-,11-,12?,13?/m1/s1. The summed E-state index contributed by atoms with van der Waals surface area (Å²) >= 11 is 0. The van der Waals surface area contributed by atoms with Crippen LogP contribution in [0.15, 0.2) is 0 Å². The van der Waals surface area contributed by atoms with E-state index >= 15 is 0 Å². The Bertz CT molecular complexity index is 293. The molecule has 19 heavy (non-hydrogen) atoms. The molecule has 2 amide bonds. The van der Waals surface area contributed by atoms with Crippen LogP contribution in [0.1, 0.15) is 58.8 Å². The number of hydrazine groups is 1. The van der Waals surface area contributed by atoms with Gasteiger partial charge in [0, 0.05) is 18.1 Å². The Hall–Kier alpha value is -0.810. The van der Waals surface area contributed by atoms with Gasteiger partial charge in [0.05, 0.1) is 6.10 Å². The fourth-order valence-corrected chi connectivity index (χ4v) is 3.20. The van der Waals surface area contributed by atoms with Crippen molar-refractivity contribution in [3.63, 3.8) is 0 Å². The third-order valence-electron chi connectivity index (χ3n) is 4.46. The van der Waals surface area contributed by atoms with Gasteiger partial charge in [0.1, 0.15) is 0 Å². The number of carbonyl (C=O) groups is 1. The van der Waals surface area contributed by atoms with Crippen molar-refractivity contribution in [1.29, 1.82) is 0 Å². The van der Waals surface area contributed by atoms with Gasteiger partial charge in [-0.3, -0.25) is 5.43 Å². The van der Waals surface area contributed by atoms with E-state index in [1.54, 1.807) is 0 Å². The number of carbonyl (C=O) groups excluding carboxylic acids is 1. The molecule has 0 aromatic heterocycles. The highest BCUT2D eigenvalue weighted by atomic mass is 16.3. The lowest BCUT2D eigenvalue weighted by Crippen LogP contribution is -2.57. The summed E-state index contributed by atoms with van der Waals surface area (Å²) in [5, 5.41) is 14.6. The molecule has 0 bridgehead atoms. The summed E-state index contributed by atoms with van der Waals surface area (Å²) in [4.78, 5) is 12.0. The first-order valence-electron chi connectivity index (χ1n) is 7.60. The van der Waals surface area contributed by atoms with Crippen LogP contribution < -0.4 is 10.7 Å². The molecule has 2 fully saturated rings. The topological polar surface area (TPSA) is 64.6 Å². The maximum atomic E-state index is 12.0. The Morgan fingerprint density at radius 3 is 2.21 bits per heavy atom. The molecule has 110 valence electrons. The van der Waals surface area contributed by atoms with Crippen LogP contribution in [0.4, 0.5) is 4.79 Å². The number of nitrogens with zero attached hydrogens (tertiary/aromatic N) is 1. The van der Waals surface area contributed by atoms with E-state index in [1.807, 2.05) is 0 Å². The molecular weight excluding hydrogens is 242 g/mol. The van der Waals surface area contributed by atoms with Crippen LogP contribution >= 0.6 is 0 Å². The Balaban J connectivity index is 1.77. The number of amides is 2. The summed E-state index contributed by atoms with van der Waals surface area (Å²) in [6.07, 6.45) is 6.68. The fourth-order valence-electron chi connectivity index (χ4n) is 3.20. The summed E-state index contributed by atoms with van der Waals surface area (Å²) < 4.78 is 0. The van der Waals surface area contributed by atoms with E-state index in [-0.39, 0.29) is 18.2 Å². The van der Waals surface area contributed by atoms with E-state index in [0.717, 1.165) is 38.5 Å². The van der Waals surface area contributed by atoms with Gasteiger partial charge in [0.2, 0.25) is 0 Å². The number of hydrogen-bond acceptors (Lipinski definition) is 3. The van der Waals surface area contributed by atoms with E-state index < -0.39 is 0 Å². The second-order valence-electron chi connectivity index (χ2n) is 6.13. The van der Waals surface area contributed by atoms with Crippen molar-refractivity contribution < 1.29 is 9.90 Å². The predicted molar refractivity (Wildman–Crippen MR) is 74.5 cm³/mol. The predicted octanol–water partition coefficient (Wildman–Crippen LogP) is 1.77. The normalized spacial score (nSPS) is 36.8. The molecule has 5 heteroatoms. The monoisotopic (exact) mass is 269 g/mol. The minimum atomic E-state index is -0.178. The van der Waals surface area contributed by atoms with Crippen LogP contribution in [0.5, 0.6) is 0 Å². The lowest BCUT2D eigenvalue weighted by Gasteiger charge is -2.39. The Morgan fingerprint density at radius 1 is 1.05 bits per heavy atom. The van der Waals surface area contributed by atoms with E-state index in [4.69, 9.17) is 0 Å². The van der Waals surface area contributed by atoms with Crippen LogP contribution in [0.3, 0.4) is 0 Å². The lowest BCUT2D eigenvalue weighted by molar-refractivity contribution is 0.0573. The molecule has 2 aliphatic rings. The van der Waals surface area contributed by atoms with Gasteiger partial charge in [0.15, 0.2) is 0 Å². The zero-order valence-corrected chi connectivity index (χ0v) is 12.1. The third-order valence-corrected chi connectivity index (χ3v) is 4.46. The second kappa shape index (κ2) is 6.57. The Morgan fingerprint density at radius 2 is 1.63 bits per heavy atom. The van der Waals surface area contributed by atoms with Crippen molar-refractivity contribution in [2.24, 2.45) is 0 Å². The molecule has 0 radical (unpaired) electrons. The Kier molecular flexibility index (Phi) is 5.05. The molecule has 3 N–H and O–H groups in total. The smallest absolute Gasteiger partial charge is 0.329 e. The largest absolute Gasteiger partial charge is 0.393 e. The SMILES string of the molecule is C[C@@H]1CCC[C@@H](C)N1NC(=O)NC1CCC(O)CC1. The van der Waals surface area contributed by atoms with E-state index in [0.29, 0.717) is 12.1 Å². The van der Waals surface area contributed by atoms with E-state index in [9.17, 15) is 9.90 Å². The minimum absolute atomic E-state index is 0.0954. The number of hydrogen-bond donors (Lipinski definition) is 3. The van der Waals surface area contributed by atoms with Gasteiger partial charge in [-0.25, -0.2) is 9.80 Å². The second-order valence-corrected chi connectivity index (χ2v) is 6.13. The first kappa shape index (κ1) is 14.6. The first-order valence-corrected chi connectivity index (χ1v) is 7.60. The summed E-state index contributed by atoms with van der Waals surface area (Å²) in [5.41, 5.74) is 3.00. The van der Waals surface area contributed by atoms with Crippen molar-refractivity contribution in [2.45, 2.75) is 83.0 Å². The van der Waals surface area contributed by atoms with E-state index in [1.165, 1.54) is 6.42 Å². The average molecular weight is 269 g/mol. The van der Waals surface area contributed by atoms with Gasteiger partial charge in [0.25, 0.3) is 0 Å². The number of aliphatic hydroxyl groups excluding tert-OH is 1. The molecule has 1 aliphatic heterocycles. The first-order chi connectivity index (χ1) is 9.06. The number of nitrogens with one attached hydrogen (secondary N) is 2. The third kappa shape index (κ3) is 4.08. The van der Waals surface area contributed by atoms with Gasteiger partial charge < -0.3 is 10.4 Å². The number of rotatable bonds is 2. The molecule has 1 saturated heterocycles. The van der Waals surface area contributed by atoms with Crippen molar-refractivity contribution in [3.05, 3.63) is 0 Å². The lowest BCUT2D eigenvalue weighted by atomic mass is 9.93. The van der Waals surface area contributed by atoms with Crippen molar-refractivity contribution in [1.82, 2.24) is 15.8 Å². The van der Waals surface area contributed by atoms with Crippen LogP contribution in [-0.2, 0) is 0 Å². The van der Waals surface area contributed by atoms with Gasteiger partial charge in [-0.05, 0) is 52.4 Å². The molecule has 0 unspecified atom stereocenters. The molecule has 1 aliphatic carbocycles. The number of urea groups is 1. The van der Waals surface area contributed by atoms with Crippen molar-refractivity contribution >= 4 is 6.03 Å². The van der Waals surface area contributed by atoms with Crippen molar-refractivity contribution in [2.75, 3.05) is 0 Å². The number of piperidine rings is 1. The molecule has 0 spiro atoms. The van der Waals surface area contributed by atoms with E-state index in [2.05, 4.69) is 29.6 Å². The summed E-state index contributed by atoms with van der Waals surface area (Å²) in [5.74, 6) is 0. The van der Waals surface area contributed by atoms with Gasteiger partial charge in [-0.1, -0.05) is 6.42 Å². The molecule has 0 aromatic rings. The maximum absolute atomic E-state index is 12.0. The summed E-state index contributed by atoms with van der Waals surface area (Å²) in [6.45, 7) is 4.32. The molecule has 2 rings (SSSR count). The highest BCUT2D eigenvalue weighted by molar-refractivity contribution is 5.73. The van der Waals surface area contributed by atoms with Crippen LogP contribution in [0.25, 0.3) is 0 Å². The quantitative estimate of drug-likeness (QED) is 0.716. The minimum Gasteiger partial charge on any atom is -0.393 e. The molecule has 5 nitrogen and oxygen atoms in total. The fraction of sp³-hybridized carbons (Fsp3) is 0.929. The number of aliphatic hydroxyl groups is 1. The molecule has 1 heterocycles. The zero-order valence-electron chi connectivity index (χ0n) is 12.1. The van der Waals surface area contributed by atoms with Crippen molar-refractivity contribution in [3.8, 4) is 0 Å². The molecular formula is C14H27N3O2. The highest BCUT2D eigenvalue weighted by Gasteiger charge is 2.27. The Labute approximate surface area is 115 Å².